The van der Waals surface area contributed by atoms with Crippen LogP contribution in [-0.4, -0.2) is 23.7 Å². The highest BCUT2D eigenvalue weighted by molar-refractivity contribution is 5.74. The molecule has 1 aromatic carbocycles. The fourth-order valence-corrected chi connectivity index (χ4v) is 2.45. The van der Waals surface area contributed by atoms with Gasteiger partial charge in [0, 0.05) is 12.6 Å². The van der Waals surface area contributed by atoms with Gasteiger partial charge in [-0.2, -0.15) is 0 Å². The molecule has 1 fully saturated rings. The largest absolute Gasteiger partial charge is 0.392 e. The van der Waals surface area contributed by atoms with Crippen molar-refractivity contribution >= 4 is 6.03 Å². The third-order valence-corrected chi connectivity index (χ3v) is 4.12. The van der Waals surface area contributed by atoms with Crippen LogP contribution in [-0.2, 0) is 13.0 Å². The third-order valence-electron chi connectivity index (χ3n) is 4.12. The highest BCUT2D eigenvalue weighted by atomic mass is 16.3. The highest BCUT2D eigenvalue weighted by Gasteiger charge is 2.24. The van der Waals surface area contributed by atoms with Crippen molar-refractivity contribution in [1.29, 1.82) is 0 Å². The summed E-state index contributed by atoms with van der Waals surface area (Å²) in [6.45, 7) is 2.78. The lowest BCUT2D eigenvalue weighted by Gasteiger charge is -2.31. The van der Waals surface area contributed by atoms with Crippen LogP contribution >= 0.6 is 0 Å². The average Bonchev–Trinajstić information content (AvgIpc) is 2.37. The van der Waals surface area contributed by atoms with Crippen molar-refractivity contribution in [2.24, 2.45) is 5.92 Å². The molecule has 1 saturated carbocycles. The van der Waals surface area contributed by atoms with Gasteiger partial charge in [-0.25, -0.2) is 4.79 Å². The normalized spacial score (nSPS) is 16.3. The molecule has 1 unspecified atom stereocenters. The predicted molar refractivity (Wildman–Crippen MR) is 79.4 cm³/mol. The standard InChI is InChI=1S/C16H24N2O2/c1-12(15-3-2-4-15)18-16(20)17-10-9-13-5-7-14(11-19)8-6-13/h5-8,12,15,19H,2-4,9-11H2,1H3,(H2,17,18,20). The number of aliphatic hydroxyl groups is 1. The minimum Gasteiger partial charge on any atom is -0.392 e. The summed E-state index contributed by atoms with van der Waals surface area (Å²) in [6.07, 6.45) is 4.57. The second kappa shape index (κ2) is 7.29. The molecule has 3 N–H and O–H groups in total. The number of carbonyl (C=O) groups is 1. The monoisotopic (exact) mass is 276 g/mol. The number of hydrogen-bond donors (Lipinski definition) is 3. The van der Waals surface area contributed by atoms with Crippen molar-refractivity contribution in [3.05, 3.63) is 35.4 Å². The number of benzene rings is 1. The van der Waals surface area contributed by atoms with Crippen LogP contribution in [0.3, 0.4) is 0 Å². The van der Waals surface area contributed by atoms with Gasteiger partial charge >= 0.3 is 6.03 Å². The Morgan fingerprint density at radius 1 is 1.30 bits per heavy atom. The van der Waals surface area contributed by atoms with E-state index in [1.807, 2.05) is 24.3 Å². The molecule has 0 saturated heterocycles. The molecule has 0 aromatic heterocycles. The lowest BCUT2D eigenvalue weighted by molar-refractivity contribution is 0.213. The Morgan fingerprint density at radius 2 is 1.95 bits per heavy atom. The first-order chi connectivity index (χ1) is 9.69. The van der Waals surface area contributed by atoms with Gasteiger partial charge in [-0.3, -0.25) is 0 Å². The van der Waals surface area contributed by atoms with Crippen LogP contribution in [0.5, 0.6) is 0 Å². The van der Waals surface area contributed by atoms with Gasteiger partial charge < -0.3 is 15.7 Å². The maximum atomic E-state index is 11.7. The zero-order valence-corrected chi connectivity index (χ0v) is 12.1. The quantitative estimate of drug-likeness (QED) is 0.746. The Bertz CT molecular complexity index is 427. The van der Waals surface area contributed by atoms with Crippen molar-refractivity contribution in [3.8, 4) is 0 Å². The summed E-state index contributed by atoms with van der Waals surface area (Å²) in [7, 11) is 0. The lowest BCUT2D eigenvalue weighted by Crippen LogP contribution is -2.46. The number of amides is 2. The summed E-state index contributed by atoms with van der Waals surface area (Å²) in [5, 5.41) is 14.9. The Morgan fingerprint density at radius 3 is 2.50 bits per heavy atom. The molecule has 1 aliphatic carbocycles. The summed E-state index contributed by atoms with van der Waals surface area (Å²) in [5.74, 6) is 0.659. The molecule has 4 heteroatoms. The van der Waals surface area contributed by atoms with Crippen LogP contribution in [0.1, 0.15) is 37.3 Å². The van der Waals surface area contributed by atoms with E-state index in [2.05, 4.69) is 17.6 Å². The molecule has 1 aromatic rings. The molecule has 1 aliphatic rings. The molecule has 2 amide bonds. The van der Waals surface area contributed by atoms with E-state index >= 15 is 0 Å². The molecule has 0 bridgehead atoms. The Hall–Kier alpha value is -1.55. The van der Waals surface area contributed by atoms with Gasteiger partial charge in [-0.05, 0) is 43.2 Å². The second-order valence-corrected chi connectivity index (χ2v) is 5.60. The van der Waals surface area contributed by atoms with E-state index in [0.717, 1.165) is 17.5 Å². The number of hydrogen-bond acceptors (Lipinski definition) is 2. The molecule has 110 valence electrons. The maximum absolute atomic E-state index is 11.7. The van der Waals surface area contributed by atoms with Crippen molar-refractivity contribution in [2.75, 3.05) is 6.54 Å². The fourth-order valence-electron chi connectivity index (χ4n) is 2.45. The number of rotatable bonds is 6. The zero-order valence-electron chi connectivity index (χ0n) is 12.1. The number of nitrogens with one attached hydrogen (secondary N) is 2. The minimum absolute atomic E-state index is 0.0694. The summed E-state index contributed by atoms with van der Waals surface area (Å²) in [6, 6.07) is 8.00. The van der Waals surface area contributed by atoms with Crippen LogP contribution in [0.25, 0.3) is 0 Å². The molecular weight excluding hydrogens is 252 g/mol. The molecule has 2 rings (SSSR count). The van der Waals surface area contributed by atoms with Crippen molar-refractivity contribution in [2.45, 2.75) is 45.3 Å². The molecule has 0 aliphatic heterocycles. The van der Waals surface area contributed by atoms with Gasteiger partial charge in [-0.1, -0.05) is 30.7 Å². The van der Waals surface area contributed by atoms with E-state index in [4.69, 9.17) is 5.11 Å². The van der Waals surface area contributed by atoms with E-state index in [1.165, 1.54) is 19.3 Å². The molecule has 20 heavy (non-hydrogen) atoms. The minimum atomic E-state index is -0.0728. The third kappa shape index (κ3) is 4.23. The van der Waals surface area contributed by atoms with E-state index in [9.17, 15) is 4.79 Å². The topological polar surface area (TPSA) is 61.4 Å². The van der Waals surface area contributed by atoms with Gasteiger partial charge in [0.15, 0.2) is 0 Å². The first-order valence-electron chi connectivity index (χ1n) is 7.42. The van der Waals surface area contributed by atoms with Crippen LogP contribution in [0.4, 0.5) is 4.79 Å². The zero-order chi connectivity index (χ0) is 14.4. The van der Waals surface area contributed by atoms with Gasteiger partial charge in [0.2, 0.25) is 0 Å². The van der Waals surface area contributed by atoms with Gasteiger partial charge in [0.05, 0.1) is 6.61 Å². The summed E-state index contributed by atoms with van der Waals surface area (Å²) in [4.78, 5) is 11.7. The molecule has 0 spiro atoms. The first-order valence-corrected chi connectivity index (χ1v) is 7.42. The van der Waals surface area contributed by atoms with Crippen molar-refractivity contribution in [1.82, 2.24) is 10.6 Å². The number of urea groups is 1. The van der Waals surface area contributed by atoms with Gasteiger partial charge in [-0.15, -0.1) is 0 Å². The summed E-state index contributed by atoms with van der Waals surface area (Å²) >= 11 is 0. The fraction of sp³-hybridized carbons (Fsp3) is 0.562. The lowest BCUT2D eigenvalue weighted by atomic mass is 9.80. The molecule has 1 atom stereocenters. The van der Waals surface area contributed by atoms with E-state index in [-0.39, 0.29) is 18.7 Å². The van der Waals surface area contributed by atoms with Crippen molar-refractivity contribution < 1.29 is 9.90 Å². The van der Waals surface area contributed by atoms with E-state index in [0.29, 0.717) is 12.5 Å². The van der Waals surface area contributed by atoms with Crippen LogP contribution < -0.4 is 10.6 Å². The summed E-state index contributed by atoms with van der Waals surface area (Å²) in [5.41, 5.74) is 2.07. The van der Waals surface area contributed by atoms with E-state index < -0.39 is 0 Å². The number of carbonyl (C=O) groups excluding carboxylic acids is 1. The van der Waals surface area contributed by atoms with Crippen molar-refractivity contribution in [3.63, 3.8) is 0 Å². The first kappa shape index (κ1) is 14.9. The molecule has 0 heterocycles. The maximum Gasteiger partial charge on any atom is 0.315 e. The van der Waals surface area contributed by atoms with Gasteiger partial charge in [0.1, 0.15) is 0 Å². The Labute approximate surface area is 120 Å². The average molecular weight is 276 g/mol. The molecular formula is C16H24N2O2. The molecule has 4 nitrogen and oxygen atoms in total. The Balaban J connectivity index is 1.65. The highest BCUT2D eigenvalue weighted by Crippen LogP contribution is 2.29. The van der Waals surface area contributed by atoms with E-state index in [1.54, 1.807) is 0 Å². The van der Waals surface area contributed by atoms with Crippen LogP contribution in [0, 0.1) is 5.92 Å². The van der Waals surface area contributed by atoms with Crippen LogP contribution in [0.2, 0.25) is 0 Å². The summed E-state index contributed by atoms with van der Waals surface area (Å²) < 4.78 is 0. The smallest absolute Gasteiger partial charge is 0.315 e. The number of aliphatic hydroxyl groups excluding tert-OH is 1. The Kier molecular flexibility index (Phi) is 5.41. The SMILES string of the molecule is CC(NC(=O)NCCc1ccc(CO)cc1)C1CCC1. The van der Waals surface area contributed by atoms with Crippen LogP contribution in [0.15, 0.2) is 24.3 Å². The van der Waals surface area contributed by atoms with Gasteiger partial charge in [0.25, 0.3) is 0 Å². The predicted octanol–water partition coefficient (Wildman–Crippen LogP) is 2.21. The molecule has 0 radical (unpaired) electrons. The second-order valence-electron chi connectivity index (χ2n) is 5.60.